The molecule has 0 spiro atoms. The van der Waals surface area contributed by atoms with Crippen molar-refractivity contribution >= 4 is 34.8 Å². The molecule has 0 bridgehead atoms. The normalized spacial score (nSPS) is 15.5. The van der Waals surface area contributed by atoms with E-state index in [4.69, 9.17) is 16.3 Å². The number of nitrogens with one attached hydrogen (secondary N) is 2. The van der Waals surface area contributed by atoms with Gasteiger partial charge in [-0.2, -0.15) is 0 Å². The van der Waals surface area contributed by atoms with E-state index in [0.29, 0.717) is 34.3 Å². The van der Waals surface area contributed by atoms with Gasteiger partial charge in [0.2, 0.25) is 5.91 Å². The van der Waals surface area contributed by atoms with E-state index in [1.807, 2.05) is 13.8 Å². The molecule has 124 valence electrons. The summed E-state index contributed by atoms with van der Waals surface area (Å²) in [6.07, 6.45) is 0. The summed E-state index contributed by atoms with van der Waals surface area (Å²) in [5.41, 5.74) is 0.930. The third-order valence-corrected chi connectivity index (χ3v) is 4.01. The van der Waals surface area contributed by atoms with Crippen molar-refractivity contribution in [2.24, 2.45) is 5.41 Å². The first-order valence-corrected chi connectivity index (χ1v) is 7.88. The first kappa shape index (κ1) is 16.3. The van der Waals surface area contributed by atoms with Crippen molar-refractivity contribution in [3.05, 3.63) is 53.1 Å². The minimum atomic E-state index is -0.622. The Labute approximate surface area is 145 Å². The average molecular weight is 345 g/mol. The molecule has 5 nitrogen and oxygen atoms in total. The number of ether oxygens (including phenoxy) is 1. The van der Waals surface area contributed by atoms with E-state index in [0.717, 1.165) is 0 Å². The largest absolute Gasteiger partial charge is 0.490 e. The van der Waals surface area contributed by atoms with Gasteiger partial charge in [0.1, 0.15) is 12.4 Å². The van der Waals surface area contributed by atoms with Crippen LogP contribution in [0.5, 0.6) is 5.75 Å². The molecule has 24 heavy (non-hydrogen) atoms. The highest BCUT2D eigenvalue weighted by molar-refractivity contribution is 6.31. The van der Waals surface area contributed by atoms with Gasteiger partial charge in [-0.15, -0.1) is 0 Å². The second-order valence-electron chi connectivity index (χ2n) is 6.30. The summed E-state index contributed by atoms with van der Waals surface area (Å²) >= 11 is 5.90. The maximum Gasteiger partial charge on any atom is 0.255 e. The molecule has 0 radical (unpaired) electrons. The molecular formula is C18H17ClN2O3. The molecule has 0 unspecified atom stereocenters. The minimum Gasteiger partial charge on any atom is -0.490 e. The standard InChI is InChI=1S/C18H17ClN2O3/c1-18(2)10-24-15-7-6-13(9-14(15)21-17(18)23)20-16(22)11-4-3-5-12(19)8-11/h3-9H,10H2,1-2H3,(H,20,22)(H,21,23). The third kappa shape index (κ3) is 3.36. The van der Waals surface area contributed by atoms with Crippen molar-refractivity contribution in [2.45, 2.75) is 13.8 Å². The van der Waals surface area contributed by atoms with Crippen molar-refractivity contribution in [3.63, 3.8) is 0 Å². The number of amides is 2. The Balaban J connectivity index is 1.82. The number of hydrogen-bond acceptors (Lipinski definition) is 3. The predicted molar refractivity (Wildman–Crippen MR) is 93.8 cm³/mol. The fourth-order valence-corrected chi connectivity index (χ4v) is 2.47. The molecule has 0 aliphatic carbocycles. The summed E-state index contributed by atoms with van der Waals surface area (Å²) < 4.78 is 5.68. The van der Waals surface area contributed by atoms with Crippen LogP contribution in [0.1, 0.15) is 24.2 Å². The molecule has 6 heteroatoms. The number of halogens is 1. The van der Waals surface area contributed by atoms with Crippen LogP contribution in [0.25, 0.3) is 0 Å². The quantitative estimate of drug-likeness (QED) is 0.866. The molecule has 3 rings (SSSR count). The van der Waals surface area contributed by atoms with Crippen LogP contribution in [0.4, 0.5) is 11.4 Å². The fraction of sp³-hybridized carbons (Fsp3) is 0.222. The van der Waals surface area contributed by atoms with Gasteiger partial charge in [-0.1, -0.05) is 17.7 Å². The third-order valence-electron chi connectivity index (χ3n) is 3.78. The minimum absolute atomic E-state index is 0.125. The molecule has 2 amide bonds. The van der Waals surface area contributed by atoms with E-state index in [2.05, 4.69) is 10.6 Å². The van der Waals surface area contributed by atoms with E-state index in [1.54, 1.807) is 42.5 Å². The zero-order valence-corrected chi connectivity index (χ0v) is 14.1. The maximum atomic E-state index is 12.3. The Morgan fingerprint density at radius 2 is 2.04 bits per heavy atom. The maximum absolute atomic E-state index is 12.3. The summed E-state index contributed by atoms with van der Waals surface area (Å²) in [4.78, 5) is 24.5. The predicted octanol–water partition coefficient (Wildman–Crippen LogP) is 3.95. The van der Waals surface area contributed by atoms with Gasteiger partial charge < -0.3 is 15.4 Å². The molecule has 0 fully saturated rings. The summed E-state index contributed by atoms with van der Waals surface area (Å²) in [6, 6.07) is 11.8. The van der Waals surface area contributed by atoms with Crippen LogP contribution in [-0.4, -0.2) is 18.4 Å². The number of fused-ring (bicyclic) bond motifs is 1. The number of hydrogen-bond donors (Lipinski definition) is 2. The molecule has 0 atom stereocenters. The van der Waals surface area contributed by atoms with Gasteiger partial charge in [0.15, 0.2) is 0 Å². The van der Waals surface area contributed by atoms with Crippen molar-refractivity contribution in [1.29, 1.82) is 0 Å². The Morgan fingerprint density at radius 3 is 2.79 bits per heavy atom. The van der Waals surface area contributed by atoms with Gasteiger partial charge in [0.25, 0.3) is 5.91 Å². The van der Waals surface area contributed by atoms with Gasteiger partial charge >= 0.3 is 0 Å². The highest BCUT2D eigenvalue weighted by atomic mass is 35.5. The van der Waals surface area contributed by atoms with Crippen LogP contribution in [0, 0.1) is 5.41 Å². The summed E-state index contributed by atoms with van der Waals surface area (Å²) in [6.45, 7) is 3.92. The SMILES string of the molecule is CC1(C)COc2ccc(NC(=O)c3cccc(Cl)c3)cc2NC1=O. The second-order valence-corrected chi connectivity index (χ2v) is 6.74. The molecule has 1 aliphatic rings. The fourth-order valence-electron chi connectivity index (χ4n) is 2.28. The molecule has 1 heterocycles. The molecule has 2 aromatic carbocycles. The number of benzene rings is 2. The van der Waals surface area contributed by atoms with E-state index in [9.17, 15) is 9.59 Å². The van der Waals surface area contributed by atoms with E-state index in [1.165, 1.54) is 0 Å². The van der Waals surface area contributed by atoms with E-state index in [-0.39, 0.29) is 11.8 Å². The molecule has 2 N–H and O–H groups in total. The van der Waals surface area contributed by atoms with Crippen molar-refractivity contribution < 1.29 is 14.3 Å². The first-order chi connectivity index (χ1) is 11.3. The van der Waals surface area contributed by atoms with E-state index >= 15 is 0 Å². The lowest BCUT2D eigenvalue weighted by Gasteiger charge is -2.18. The molecule has 1 aliphatic heterocycles. The van der Waals surface area contributed by atoms with Gasteiger partial charge in [-0.3, -0.25) is 9.59 Å². The van der Waals surface area contributed by atoms with Crippen LogP contribution in [0.15, 0.2) is 42.5 Å². The van der Waals surface area contributed by atoms with Crippen LogP contribution in [-0.2, 0) is 4.79 Å². The summed E-state index contributed by atoms with van der Waals surface area (Å²) in [5, 5.41) is 6.12. The topological polar surface area (TPSA) is 67.4 Å². The van der Waals surface area contributed by atoms with Crippen molar-refractivity contribution in [1.82, 2.24) is 0 Å². The Morgan fingerprint density at radius 1 is 1.25 bits per heavy atom. The van der Waals surface area contributed by atoms with Gasteiger partial charge in [0.05, 0.1) is 11.1 Å². The first-order valence-electron chi connectivity index (χ1n) is 7.50. The smallest absolute Gasteiger partial charge is 0.255 e. The highest BCUT2D eigenvalue weighted by Crippen LogP contribution is 2.34. The molecule has 2 aromatic rings. The van der Waals surface area contributed by atoms with Gasteiger partial charge in [0, 0.05) is 16.3 Å². The Kier molecular flexibility index (Phi) is 4.20. The summed E-state index contributed by atoms with van der Waals surface area (Å²) in [7, 11) is 0. The zero-order chi connectivity index (χ0) is 17.3. The lowest BCUT2D eigenvalue weighted by atomic mass is 9.94. The Hall–Kier alpha value is -2.53. The molecule has 0 saturated heterocycles. The monoisotopic (exact) mass is 344 g/mol. The Bertz CT molecular complexity index is 818. The lowest BCUT2D eigenvalue weighted by molar-refractivity contribution is -0.124. The van der Waals surface area contributed by atoms with Gasteiger partial charge in [-0.25, -0.2) is 0 Å². The number of anilines is 2. The number of rotatable bonds is 2. The van der Waals surface area contributed by atoms with Crippen LogP contribution in [0.2, 0.25) is 5.02 Å². The van der Waals surface area contributed by atoms with Crippen molar-refractivity contribution in [2.75, 3.05) is 17.2 Å². The van der Waals surface area contributed by atoms with Crippen molar-refractivity contribution in [3.8, 4) is 5.75 Å². The zero-order valence-electron chi connectivity index (χ0n) is 13.4. The average Bonchev–Trinajstić information content (AvgIpc) is 2.64. The number of carbonyl (C=O) groups excluding carboxylic acids is 2. The van der Waals surface area contributed by atoms with Crippen LogP contribution >= 0.6 is 11.6 Å². The van der Waals surface area contributed by atoms with E-state index < -0.39 is 5.41 Å². The number of carbonyl (C=O) groups is 2. The second kappa shape index (κ2) is 6.17. The molecule has 0 aromatic heterocycles. The summed E-state index contributed by atoms with van der Waals surface area (Å²) in [5.74, 6) is 0.174. The molecular weight excluding hydrogens is 328 g/mol. The molecule has 0 saturated carbocycles. The van der Waals surface area contributed by atoms with Crippen LogP contribution < -0.4 is 15.4 Å². The van der Waals surface area contributed by atoms with Gasteiger partial charge in [-0.05, 0) is 50.2 Å². The van der Waals surface area contributed by atoms with Crippen LogP contribution in [0.3, 0.4) is 0 Å². The lowest BCUT2D eigenvalue weighted by Crippen LogP contribution is -2.33. The highest BCUT2D eigenvalue weighted by Gasteiger charge is 2.32.